The number of rotatable bonds is 8. The number of likely N-dealkylation sites (N-methyl/N-ethyl adjacent to an activating group) is 1. The highest BCUT2D eigenvalue weighted by molar-refractivity contribution is 6.46. The van der Waals surface area contributed by atoms with Crippen molar-refractivity contribution in [1.29, 1.82) is 0 Å². The van der Waals surface area contributed by atoms with Gasteiger partial charge in [0.1, 0.15) is 17.3 Å². The van der Waals surface area contributed by atoms with E-state index in [0.717, 1.165) is 13.1 Å². The first-order valence-corrected chi connectivity index (χ1v) is 10.3. The van der Waals surface area contributed by atoms with E-state index in [0.29, 0.717) is 24.4 Å². The molecule has 1 fully saturated rings. The maximum Gasteiger partial charge on any atom is 0.295 e. The van der Waals surface area contributed by atoms with E-state index in [-0.39, 0.29) is 16.9 Å². The lowest BCUT2D eigenvalue weighted by atomic mass is 9.94. The van der Waals surface area contributed by atoms with Crippen molar-refractivity contribution in [2.24, 2.45) is 0 Å². The third-order valence-electron chi connectivity index (χ3n) is 5.64. The van der Waals surface area contributed by atoms with E-state index in [9.17, 15) is 19.1 Å². The highest BCUT2D eigenvalue weighted by Gasteiger charge is 2.46. The van der Waals surface area contributed by atoms with Crippen LogP contribution in [0.2, 0.25) is 0 Å². The number of methoxy groups -OCH3 is 1. The molecule has 164 valence electrons. The summed E-state index contributed by atoms with van der Waals surface area (Å²) in [6, 6.07) is 11.5. The average molecular weight is 426 g/mol. The van der Waals surface area contributed by atoms with E-state index in [4.69, 9.17) is 4.74 Å². The number of aliphatic hydroxyl groups excluding tert-OH is 1. The summed E-state index contributed by atoms with van der Waals surface area (Å²) in [6.45, 7) is 6.59. The lowest BCUT2D eigenvalue weighted by Crippen LogP contribution is -2.38. The summed E-state index contributed by atoms with van der Waals surface area (Å²) in [4.78, 5) is 29.6. The fraction of sp³-hybridized carbons (Fsp3) is 0.333. The van der Waals surface area contributed by atoms with Gasteiger partial charge in [-0.2, -0.15) is 0 Å². The Labute approximate surface area is 181 Å². The lowest BCUT2D eigenvalue weighted by molar-refractivity contribution is -0.140. The van der Waals surface area contributed by atoms with Crippen molar-refractivity contribution in [3.05, 3.63) is 71.0 Å². The predicted octanol–water partition coefficient (Wildman–Crippen LogP) is 3.60. The Kier molecular flexibility index (Phi) is 7.07. The molecule has 31 heavy (non-hydrogen) atoms. The summed E-state index contributed by atoms with van der Waals surface area (Å²) in [7, 11) is 1.51. The molecule has 2 aromatic rings. The van der Waals surface area contributed by atoms with Gasteiger partial charge in [-0.05, 0) is 43.4 Å². The third kappa shape index (κ3) is 4.46. The molecule has 3 rings (SSSR count). The Morgan fingerprint density at radius 2 is 1.74 bits per heavy atom. The van der Waals surface area contributed by atoms with E-state index in [1.165, 1.54) is 36.3 Å². The van der Waals surface area contributed by atoms with Gasteiger partial charge < -0.3 is 19.6 Å². The van der Waals surface area contributed by atoms with Gasteiger partial charge in [0.2, 0.25) is 0 Å². The van der Waals surface area contributed by atoms with Crippen LogP contribution >= 0.6 is 0 Å². The zero-order valence-electron chi connectivity index (χ0n) is 18.0. The van der Waals surface area contributed by atoms with Crippen LogP contribution < -0.4 is 4.74 Å². The van der Waals surface area contributed by atoms with Crippen molar-refractivity contribution >= 4 is 17.4 Å². The first-order chi connectivity index (χ1) is 14.9. The van der Waals surface area contributed by atoms with Gasteiger partial charge in [-0.3, -0.25) is 9.59 Å². The topological polar surface area (TPSA) is 70.1 Å². The number of likely N-dealkylation sites (tertiary alicyclic amines) is 1. The van der Waals surface area contributed by atoms with Crippen molar-refractivity contribution < 1.29 is 23.8 Å². The van der Waals surface area contributed by atoms with Crippen LogP contribution in [0.4, 0.5) is 4.39 Å². The molecule has 1 unspecified atom stereocenters. The molecule has 0 spiro atoms. The maximum atomic E-state index is 13.4. The molecule has 2 aromatic carbocycles. The first-order valence-electron chi connectivity index (χ1n) is 10.3. The number of para-hydroxylation sites is 1. The van der Waals surface area contributed by atoms with Gasteiger partial charge in [0.15, 0.2) is 0 Å². The summed E-state index contributed by atoms with van der Waals surface area (Å²) >= 11 is 0. The molecule has 6 nitrogen and oxygen atoms in total. The molecule has 0 aliphatic carbocycles. The number of ketones is 1. The highest BCUT2D eigenvalue weighted by Crippen LogP contribution is 2.42. The van der Waals surface area contributed by atoms with Crippen molar-refractivity contribution in [2.75, 3.05) is 33.3 Å². The molecule has 0 saturated carbocycles. The molecule has 7 heteroatoms. The number of hydrogen-bond donors (Lipinski definition) is 1. The fourth-order valence-corrected chi connectivity index (χ4v) is 3.88. The number of benzene rings is 2. The van der Waals surface area contributed by atoms with Crippen LogP contribution in [0.15, 0.2) is 54.1 Å². The minimum Gasteiger partial charge on any atom is -0.507 e. The van der Waals surface area contributed by atoms with E-state index in [1.54, 1.807) is 24.3 Å². The SMILES string of the molecule is CCN(CC)CCN1C(=O)C(=O)/C(=C(\O)c2ccc(F)cc2)C1c1ccccc1OC. The number of carbonyl (C=O) groups excluding carboxylic acids is 2. The molecule has 1 atom stereocenters. The van der Waals surface area contributed by atoms with Gasteiger partial charge in [0.25, 0.3) is 11.7 Å². The van der Waals surface area contributed by atoms with Crippen molar-refractivity contribution in [3.8, 4) is 5.75 Å². The largest absolute Gasteiger partial charge is 0.507 e. The summed E-state index contributed by atoms with van der Waals surface area (Å²) in [5, 5.41) is 11.0. The van der Waals surface area contributed by atoms with Gasteiger partial charge in [0, 0.05) is 24.2 Å². The van der Waals surface area contributed by atoms with Crippen LogP contribution in [-0.2, 0) is 9.59 Å². The number of aliphatic hydroxyl groups is 1. The Hall–Kier alpha value is -3.19. The summed E-state index contributed by atoms with van der Waals surface area (Å²) in [5.41, 5.74) is 0.844. The second kappa shape index (κ2) is 9.75. The minimum atomic E-state index is -0.809. The van der Waals surface area contributed by atoms with Crippen LogP contribution in [0.1, 0.15) is 31.0 Å². The van der Waals surface area contributed by atoms with Crippen LogP contribution in [0.5, 0.6) is 5.75 Å². The number of hydrogen-bond acceptors (Lipinski definition) is 5. The molecule has 1 heterocycles. The fourth-order valence-electron chi connectivity index (χ4n) is 3.88. The Morgan fingerprint density at radius 1 is 1.10 bits per heavy atom. The maximum absolute atomic E-state index is 13.4. The second-order valence-corrected chi connectivity index (χ2v) is 7.27. The Morgan fingerprint density at radius 3 is 2.35 bits per heavy atom. The highest BCUT2D eigenvalue weighted by atomic mass is 19.1. The van der Waals surface area contributed by atoms with Gasteiger partial charge in [-0.1, -0.05) is 32.0 Å². The molecule has 0 bridgehead atoms. The lowest BCUT2D eigenvalue weighted by Gasteiger charge is -2.29. The third-order valence-corrected chi connectivity index (χ3v) is 5.64. The normalized spacial score (nSPS) is 18.1. The zero-order chi connectivity index (χ0) is 22.5. The molecule has 1 saturated heterocycles. The number of Topliss-reactive ketones (excluding diaryl/α,β-unsaturated/α-hetero) is 1. The number of amides is 1. The monoisotopic (exact) mass is 426 g/mol. The molecule has 1 amide bonds. The Balaban J connectivity index is 2.14. The number of nitrogens with zero attached hydrogens (tertiary/aromatic N) is 2. The summed E-state index contributed by atoms with van der Waals surface area (Å²) in [6.07, 6.45) is 0. The minimum absolute atomic E-state index is 0.0272. The van der Waals surface area contributed by atoms with Crippen molar-refractivity contribution in [2.45, 2.75) is 19.9 Å². The Bertz CT molecular complexity index is 983. The quantitative estimate of drug-likeness (QED) is 0.397. The van der Waals surface area contributed by atoms with E-state index in [1.807, 2.05) is 13.8 Å². The van der Waals surface area contributed by atoms with Crippen LogP contribution in [0.3, 0.4) is 0 Å². The van der Waals surface area contributed by atoms with Gasteiger partial charge >= 0.3 is 0 Å². The second-order valence-electron chi connectivity index (χ2n) is 7.27. The molecule has 1 N–H and O–H groups in total. The first kappa shape index (κ1) is 22.5. The molecule has 1 aliphatic heterocycles. The van der Waals surface area contributed by atoms with Crippen molar-refractivity contribution in [3.63, 3.8) is 0 Å². The summed E-state index contributed by atoms with van der Waals surface area (Å²) < 4.78 is 18.8. The van der Waals surface area contributed by atoms with Crippen molar-refractivity contribution in [1.82, 2.24) is 9.80 Å². The zero-order valence-corrected chi connectivity index (χ0v) is 18.0. The van der Waals surface area contributed by atoms with Crippen LogP contribution in [0.25, 0.3) is 5.76 Å². The number of ether oxygens (including phenoxy) is 1. The molecule has 1 aliphatic rings. The average Bonchev–Trinajstić information content (AvgIpc) is 3.04. The van der Waals surface area contributed by atoms with Crippen LogP contribution in [0, 0.1) is 5.82 Å². The molecular weight excluding hydrogens is 399 g/mol. The van der Waals surface area contributed by atoms with Gasteiger partial charge in [-0.15, -0.1) is 0 Å². The van der Waals surface area contributed by atoms with E-state index in [2.05, 4.69) is 4.90 Å². The van der Waals surface area contributed by atoms with Gasteiger partial charge in [0.05, 0.1) is 18.7 Å². The number of carbonyl (C=O) groups is 2. The van der Waals surface area contributed by atoms with Crippen LogP contribution in [-0.4, -0.2) is 59.9 Å². The molecular formula is C24H27FN2O4. The smallest absolute Gasteiger partial charge is 0.295 e. The number of halogens is 1. The standard InChI is InChI=1S/C24H27FN2O4/c1-4-26(5-2)14-15-27-21(18-8-6-7-9-19(18)31-3)20(23(29)24(27)30)22(28)16-10-12-17(25)13-11-16/h6-13,21,28H,4-5,14-15H2,1-3H3/b22-20-. The van der Waals surface area contributed by atoms with E-state index >= 15 is 0 Å². The van der Waals surface area contributed by atoms with E-state index < -0.39 is 23.5 Å². The molecule has 0 aromatic heterocycles. The predicted molar refractivity (Wildman–Crippen MR) is 116 cm³/mol. The summed E-state index contributed by atoms with van der Waals surface area (Å²) in [5.74, 6) is -1.73. The molecule has 0 radical (unpaired) electrons. The van der Waals surface area contributed by atoms with Gasteiger partial charge in [-0.25, -0.2) is 4.39 Å².